The summed E-state index contributed by atoms with van der Waals surface area (Å²) in [6.07, 6.45) is 7.95. The highest BCUT2D eigenvalue weighted by molar-refractivity contribution is 7.82. The van der Waals surface area contributed by atoms with Crippen LogP contribution in [-0.4, -0.2) is 4.51 Å². The van der Waals surface area contributed by atoms with Crippen molar-refractivity contribution in [1.82, 2.24) is 0 Å². The lowest BCUT2D eigenvalue weighted by molar-refractivity contribution is 0.450. The first-order valence-corrected chi connectivity index (χ1v) is 3.81. The van der Waals surface area contributed by atoms with Gasteiger partial charge in [0.15, 0.2) is 0 Å². The summed E-state index contributed by atoms with van der Waals surface area (Å²) < 4.78 is 5.02. The molecule has 0 bridgehead atoms. The van der Waals surface area contributed by atoms with E-state index >= 15 is 0 Å². The number of allylic oxidation sites excluding steroid dienone is 3. The largest absolute Gasteiger partial charge is 0.436 e. The molecule has 1 aliphatic rings. The van der Waals surface area contributed by atoms with Crippen LogP contribution in [0.1, 0.15) is 12.8 Å². The SMILES string of the molecule is S=C(Cl)OC1=CCCC=C1. The normalized spacial score (nSPS) is 16.3. The van der Waals surface area contributed by atoms with Gasteiger partial charge < -0.3 is 4.74 Å². The minimum absolute atomic E-state index is 0.0535. The van der Waals surface area contributed by atoms with Crippen LogP contribution in [0.4, 0.5) is 0 Å². The molecule has 0 atom stereocenters. The van der Waals surface area contributed by atoms with Gasteiger partial charge in [-0.1, -0.05) is 6.08 Å². The summed E-state index contributed by atoms with van der Waals surface area (Å²) in [5.74, 6) is 0.756. The fourth-order valence-corrected chi connectivity index (χ4v) is 0.943. The van der Waals surface area contributed by atoms with Crippen LogP contribution < -0.4 is 0 Å². The van der Waals surface area contributed by atoms with E-state index in [2.05, 4.69) is 12.2 Å². The van der Waals surface area contributed by atoms with Crippen molar-refractivity contribution in [1.29, 1.82) is 0 Å². The van der Waals surface area contributed by atoms with Crippen LogP contribution in [0.5, 0.6) is 0 Å². The van der Waals surface area contributed by atoms with Crippen LogP contribution in [0.25, 0.3) is 0 Å². The number of hydrogen-bond donors (Lipinski definition) is 0. The molecular formula is C7H7ClOS. The number of rotatable bonds is 1. The zero-order chi connectivity index (χ0) is 7.40. The first kappa shape index (κ1) is 7.76. The molecule has 0 amide bonds. The van der Waals surface area contributed by atoms with Crippen molar-refractivity contribution in [3.8, 4) is 0 Å². The molecule has 0 spiro atoms. The molecule has 0 aliphatic heterocycles. The predicted octanol–water partition coefficient (Wildman–Crippen LogP) is 2.76. The summed E-state index contributed by atoms with van der Waals surface area (Å²) in [5.41, 5.74) is 0. The lowest BCUT2D eigenvalue weighted by atomic mass is 10.2. The predicted molar refractivity (Wildman–Crippen MR) is 46.0 cm³/mol. The molecule has 0 N–H and O–H groups in total. The zero-order valence-corrected chi connectivity index (χ0v) is 6.91. The van der Waals surface area contributed by atoms with Gasteiger partial charge in [-0.2, -0.15) is 0 Å². The van der Waals surface area contributed by atoms with Gasteiger partial charge in [0, 0.05) is 0 Å². The quantitative estimate of drug-likeness (QED) is 0.447. The average molecular weight is 175 g/mol. The Hall–Kier alpha value is -0.340. The Labute approximate surface area is 70.3 Å². The van der Waals surface area contributed by atoms with E-state index in [1.165, 1.54) is 0 Å². The lowest BCUT2D eigenvalue weighted by Gasteiger charge is -2.05. The summed E-state index contributed by atoms with van der Waals surface area (Å²) in [6.45, 7) is 0. The number of halogens is 1. The highest BCUT2D eigenvalue weighted by Crippen LogP contribution is 2.11. The van der Waals surface area contributed by atoms with Gasteiger partial charge in [-0.15, -0.1) is 0 Å². The van der Waals surface area contributed by atoms with Crippen molar-refractivity contribution in [3.63, 3.8) is 0 Å². The molecule has 0 aromatic rings. The molecule has 3 heteroatoms. The fourth-order valence-electron chi connectivity index (χ4n) is 0.758. The molecule has 0 saturated heterocycles. The van der Waals surface area contributed by atoms with Crippen molar-refractivity contribution in [2.75, 3.05) is 0 Å². The van der Waals surface area contributed by atoms with E-state index in [1.807, 2.05) is 18.2 Å². The topological polar surface area (TPSA) is 9.23 Å². The van der Waals surface area contributed by atoms with Gasteiger partial charge in [-0.3, -0.25) is 0 Å². The number of hydrogen-bond acceptors (Lipinski definition) is 2. The van der Waals surface area contributed by atoms with Gasteiger partial charge >= 0.3 is 0 Å². The van der Waals surface area contributed by atoms with Gasteiger partial charge in [-0.05, 0) is 48.8 Å². The second kappa shape index (κ2) is 3.74. The minimum atomic E-state index is 0.0535. The summed E-state index contributed by atoms with van der Waals surface area (Å²) >= 11 is 9.89. The van der Waals surface area contributed by atoms with Gasteiger partial charge in [-0.25, -0.2) is 0 Å². The molecule has 0 radical (unpaired) electrons. The Morgan fingerprint density at radius 3 is 2.90 bits per heavy atom. The first-order chi connectivity index (χ1) is 4.79. The third kappa shape index (κ3) is 2.50. The van der Waals surface area contributed by atoms with Crippen LogP contribution >= 0.6 is 23.8 Å². The van der Waals surface area contributed by atoms with Crippen molar-refractivity contribution >= 4 is 28.3 Å². The van der Waals surface area contributed by atoms with E-state index in [0.717, 1.165) is 18.6 Å². The molecule has 0 unspecified atom stereocenters. The van der Waals surface area contributed by atoms with E-state index < -0.39 is 0 Å². The maximum Gasteiger partial charge on any atom is 0.260 e. The smallest absolute Gasteiger partial charge is 0.260 e. The number of thiocarbonyl (C=S) groups is 1. The van der Waals surface area contributed by atoms with E-state index in [-0.39, 0.29) is 4.51 Å². The Bertz CT molecular complexity index is 196. The molecule has 0 saturated carbocycles. The third-order valence-corrected chi connectivity index (χ3v) is 1.32. The maximum absolute atomic E-state index is 5.35. The van der Waals surface area contributed by atoms with Crippen LogP contribution in [0, 0.1) is 0 Å². The van der Waals surface area contributed by atoms with E-state index in [9.17, 15) is 0 Å². The highest BCUT2D eigenvalue weighted by Gasteiger charge is 1.98. The summed E-state index contributed by atoms with van der Waals surface area (Å²) in [6, 6.07) is 0. The molecule has 1 nitrogen and oxygen atoms in total. The molecule has 1 aliphatic carbocycles. The standard InChI is InChI=1S/C7H7ClOS/c8-7(10)9-6-4-2-1-3-5-6/h2,4-5H,1,3H2. The van der Waals surface area contributed by atoms with E-state index in [4.69, 9.17) is 16.3 Å². The van der Waals surface area contributed by atoms with Crippen LogP contribution in [-0.2, 0) is 4.74 Å². The first-order valence-electron chi connectivity index (χ1n) is 3.03. The van der Waals surface area contributed by atoms with Crippen molar-refractivity contribution in [2.45, 2.75) is 12.8 Å². The molecule has 0 aromatic heterocycles. The van der Waals surface area contributed by atoms with Gasteiger partial charge in [0.2, 0.25) is 0 Å². The number of ether oxygens (including phenoxy) is 1. The Morgan fingerprint density at radius 2 is 2.40 bits per heavy atom. The molecule has 1 rings (SSSR count). The summed E-state index contributed by atoms with van der Waals surface area (Å²) in [5, 5.41) is 0. The maximum atomic E-state index is 5.35. The van der Waals surface area contributed by atoms with Crippen molar-refractivity contribution in [3.05, 3.63) is 24.0 Å². The molecular weight excluding hydrogens is 168 g/mol. The van der Waals surface area contributed by atoms with Gasteiger partial charge in [0.1, 0.15) is 5.76 Å². The average Bonchev–Trinajstić information content (AvgIpc) is 1.88. The minimum Gasteiger partial charge on any atom is -0.436 e. The van der Waals surface area contributed by atoms with Crippen LogP contribution in [0.3, 0.4) is 0 Å². The lowest BCUT2D eigenvalue weighted by Crippen LogP contribution is -1.93. The van der Waals surface area contributed by atoms with E-state index in [1.54, 1.807) is 0 Å². The monoisotopic (exact) mass is 174 g/mol. The summed E-state index contributed by atoms with van der Waals surface area (Å²) in [7, 11) is 0. The third-order valence-electron chi connectivity index (χ3n) is 1.16. The molecule has 10 heavy (non-hydrogen) atoms. The van der Waals surface area contributed by atoms with Crippen LogP contribution in [0.2, 0.25) is 0 Å². The molecule has 0 fully saturated rings. The Balaban J connectivity index is 2.48. The second-order valence-corrected chi connectivity index (χ2v) is 2.86. The molecule has 0 heterocycles. The highest BCUT2D eigenvalue weighted by atomic mass is 35.5. The van der Waals surface area contributed by atoms with E-state index in [0.29, 0.717) is 0 Å². The Kier molecular flexibility index (Phi) is 2.90. The van der Waals surface area contributed by atoms with Crippen molar-refractivity contribution in [2.24, 2.45) is 0 Å². The molecule has 54 valence electrons. The Morgan fingerprint density at radius 1 is 1.60 bits per heavy atom. The zero-order valence-electron chi connectivity index (χ0n) is 5.34. The van der Waals surface area contributed by atoms with Gasteiger partial charge in [0.25, 0.3) is 4.51 Å². The van der Waals surface area contributed by atoms with Crippen LogP contribution in [0.15, 0.2) is 24.0 Å². The van der Waals surface area contributed by atoms with Gasteiger partial charge in [0.05, 0.1) is 0 Å². The second-order valence-electron chi connectivity index (χ2n) is 1.93. The fraction of sp³-hybridized carbons (Fsp3) is 0.286. The molecule has 0 aromatic carbocycles. The summed E-state index contributed by atoms with van der Waals surface area (Å²) in [4.78, 5) is 0. The van der Waals surface area contributed by atoms with Crippen molar-refractivity contribution < 1.29 is 4.74 Å².